The van der Waals surface area contributed by atoms with Gasteiger partial charge in [-0.25, -0.2) is 18.9 Å². The SMILES string of the molecule is O=C1C=CC(=O)OC2(CCN2CCc2cccc3cc(F)ccc23)O1. The minimum Gasteiger partial charge on any atom is -0.405 e. The summed E-state index contributed by atoms with van der Waals surface area (Å²) in [7, 11) is 0. The van der Waals surface area contributed by atoms with Crippen molar-refractivity contribution in [2.24, 2.45) is 0 Å². The van der Waals surface area contributed by atoms with Gasteiger partial charge >= 0.3 is 17.8 Å². The maximum atomic E-state index is 13.4. The topological polar surface area (TPSA) is 55.8 Å². The third kappa shape index (κ3) is 2.89. The van der Waals surface area contributed by atoms with Gasteiger partial charge in [0.2, 0.25) is 0 Å². The highest BCUT2D eigenvalue weighted by molar-refractivity contribution is 5.93. The zero-order valence-electron chi connectivity index (χ0n) is 13.4. The molecule has 6 heteroatoms. The van der Waals surface area contributed by atoms with Gasteiger partial charge in [-0.2, -0.15) is 0 Å². The lowest BCUT2D eigenvalue weighted by Crippen LogP contribution is -2.64. The van der Waals surface area contributed by atoms with E-state index in [1.165, 1.54) is 12.1 Å². The number of hydrogen-bond acceptors (Lipinski definition) is 5. The van der Waals surface area contributed by atoms with E-state index in [1.54, 1.807) is 6.07 Å². The lowest BCUT2D eigenvalue weighted by atomic mass is 10.0. The van der Waals surface area contributed by atoms with Gasteiger partial charge < -0.3 is 9.47 Å². The molecule has 0 N–H and O–H groups in total. The second-order valence-corrected chi connectivity index (χ2v) is 6.16. The molecule has 0 unspecified atom stereocenters. The van der Waals surface area contributed by atoms with Crippen molar-refractivity contribution >= 4 is 22.7 Å². The highest BCUT2D eigenvalue weighted by atomic mass is 19.1. The zero-order chi connectivity index (χ0) is 17.4. The van der Waals surface area contributed by atoms with Gasteiger partial charge in [-0.3, -0.25) is 0 Å². The molecular weight excluding hydrogens is 325 g/mol. The molecule has 0 radical (unpaired) electrons. The third-order valence-electron chi connectivity index (χ3n) is 4.64. The lowest BCUT2D eigenvalue weighted by molar-refractivity contribution is -0.325. The van der Waals surface area contributed by atoms with E-state index >= 15 is 0 Å². The molecule has 1 spiro atoms. The summed E-state index contributed by atoms with van der Waals surface area (Å²) in [6.07, 6.45) is 3.26. The van der Waals surface area contributed by atoms with Gasteiger partial charge in [-0.05, 0) is 34.9 Å². The molecular formula is C19H16FNO4. The molecule has 1 fully saturated rings. The van der Waals surface area contributed by atoms with E-state index in [0.29, 0.717) is 25.9 Å². The highest BCUT2D eigenvalue weighted by Gasteiger charge is 2.52. The normalized spacial score (nSPS) is 19.4. The van der Waals surface area contributed by atoms with Crippen molar-refractivity contribution in [1.29, 1.82) is 0 Å². The average molecular weight is 341 g/mol. The Balaban J connectivity index is 1.52. The van der Waals surface area contributed by atoms with Crippen LogP contribution in [0.15, 0.2) is 48.6 Å². The molecule has 2 heterocycles. The van der Waals surface area contributed by atoms with E-state index in [2.05, 4.69) is 0 Å². The number of carbonyl (C=O) groups is 2. The summed E-state index contributed by atoms with van der Waals surface area (Å²) in [5, 5.41) is 1.82. The smallest absolute Gasteiger partial charge is 0.335 e. The Bertz CT molecular complexity index is 872. The predicted octanol–water partition coefficient (Wildman–Crippen LogP) is 2.54. The lowest BCUT2D eigenvalue weighted by Gasteiger charge is -2.48. The summed E-state index contributed by atoms with van der Waals surface area (Å²) < 4.78 is 24.0. The van der Waals surface area contributed by atoms with Crippen LogP contribution in [0.4, 0.5) is 4.39 Å². The molecule has 0 aromatic heterocycles. The van der Waals surface area contributed by atoms with Crippen molar-refractivity contribution in [3.05, 3.63) is 59.9 Å². The van der Waals surface area contributed by atoms with Gasteiger partial charge in [0.25, 0.3) is 0 Å². The molecule has 25 heavy (non-hydrogen) atoms. The molecule has 0 bridgehead atoms. The van der Waals surface area contributed by atoms with Gasteiger partial charge in [0.15, 0.2) is 0 Å². The van der Waals surface area contributed by atoms with Crippen molar-refractivity contribution in [3.8, 4) is 0 Å². The molecule has 2 aromatic carbocycles. The van der Waals surface area contributed by atoms with Crippen LogP contribution >= 0.6 is 0 Å². The van der Waals surface area contributed by atoms with E-state index in [0.717, 1.165) is 28.5 Å². The highest BCUT2D eigenvalue weighted by Crippen LogP contribution is 2.35. The molecule has 2 aliphatic heterocycles. The fourth-order valence-electron chi connectivity index (χ4n) is 3.30. The summed E-state index contributed by atoms with van der Waals surface area (Å²) in [6, 6.07) is 10.5. The Labute approximate surface area is 143 Å². The number of esters is 2. The minimum absolute atomic E-state index is 0.267. The standard InChI is InChI=1S/C19H16FNO4/c20-15-4-5-16-13(2-1-3-14(16)12-15)8-10-21-11-9-19(21)24-17(22)6-7-18(23)25-19/h1-7,12H,8-11H2. The average Bonchev–Trinajstić information content (AvgIpc) is 2.74. The summed E-state index contributed by atoms with van der Waals surface area (Å²) in [6.45, 7) is 1.22. The van der Waals surface area contributed by atoms with Crippen LogP contribution in [0.2, 0.25) is 0 Å². The van der Waals surface area contributed by atoms with Crippen LogP contribution in [-0.4, -0.2) is 35.8 Å². The van der Waals surface area contributed by atoms with Gasteiger partial charge in [-0.1, -0.05) is 24.3 Å². The van der Waals surface area contributed by atoms with Crippen LogP contribution in [0.1, 0.15) is 12.0 Å². The number of nitrogens with zero attached hydrogens (tertiary/aromatic N) is 1. The molecule has 0 amide bonds. The maximum Gasteiger partial charge on any atom is 0.335 e. The van der Waals surface area contributed by atoms with Crippen molar-refractivity contribution < 1.29 is 23.5 Å². The predicted molar refractivity (Wildman–Crippen MR) is 87.9 cm³/mol. The molecule has 0 saturated carbocycles. The number of fused-ring (bicyclic) bond motifs is 1. The molecule has 2 aromatic rings. The summed E-state index contributed by atoms with van der Waals surface area (Å²) in [4.78, 5) is 25.2. The Kier molecular flexibility index (Phi) is 3.77. The monoisotopic (exact) mass is 341 g/mol. The van der Waals surface area contributed by atoms with Crippen molar-refractivity contribution in [1.82, 2.24) is 4.90 Å². The number of benzene rings is 2. The van der Waals surface area contributed by atoms with Crippen LogP contribution in [-0.2, 0) is 25.5 Å². The van der Waals surface area contributed by atoms with E-state index < -0.39 is 17.8 Å². The third-order valence-corrected chi connectivity index (χ3v) is 4.64. The van der Waals surface area contributed by atoms with Crippen LogP contribution in [0.5, 0.6) is 0 Å². The van der Waals surface area contributed by atoms with E-state index in [1.807, 2.05) is 23.1 Å². The first-order chi connectivity index (χ1) is 12.1. The van der Waals surface area contributed by atoms with Crippen molar-refractivity contribution in [2.75, 3.05) is 13.1 Å². The summed E-state index contributed by atoms with van der Waals surface area (Å²) in [5.74, 6) is -2.74. The number of hydrogen-bond donors (Lipinski definition) is 0. The van der Waals surface area contributed by atoms with Gasteiger partial charge in [0, 0.05) is 25.2 Å². The van der Waals surface area contributed by atoms with E-state index in [4.69, 9.17) is 9.47 Å². The fourth-order valence-corrected chi connectivity index (χ4v) is 3.30. The van der Waals surface area contributed by atoms with Crippen LogP contribution in [0, 0.1) is 5.82 Å². The molecule has 4 rings (SSSR count). The van der Waals surface area contributed by atoms with Crippen LogP contribution in [0.3, 0.4) is 0 Å². The van der Waals surface area contributed by atoms with Gasteiger partial charge in [0.1, 0.15) is 5.82 Å². The Morgan fingerprint density at radius 2 is 1.84 bits per heavy atom. The van der Waals surface area contributed by atoms with E-state index in [-0.39, 0.29) is 5.82 Å². The van der Waals surface area contributed by atoms with Crippen LogP contribution in [0.25, 0.3) is 10.8 Å². The first-order valence-corrected chi connectivity index (χ1v) is 8.12. The second kappa shape index (κ2) is 5.97. The molecule has 5 nitrogen and oxygen atoms in total. The summed E-state index contributed by atoms with van der Waals surface area (Å²) in [5.41, 5.74) is 1.06. The Morgan fingerprint density at radius 3 is 2.52 bits per heavy atom. The molecule has 128 valence electrons. The molecule has 0 aliphatic carbocycles. The van der Waals surface area contributed by atoms with Crippen LogP contribution < -0.4 is 0 Å². The molecule has 2 aliphatic rings. The maximum absolute atomic E-state index is 13.4. The number of rotatable bonds is 3. The largest absolute Gasteiger partial charge is 0.405 e. The van der Waals surface area contributed by atoms with Crippen molar-refractivity contribution in [2.45, 2.75) is 18.8 Å². The minimum atomic E-state index is -1.30. The second-order valence-electron chi connectivity index (χ2n) is 6.16. The van der Waals surface area contributed by atoms with Gasteiger partial charge in [0.05, 0.1) is 6.42 Å². The van der Waals surface area contributed by atoms with E-state index in [9.17, 15) is 14.0 Å². The Hall–Kier alpha value is -2.73. The number of ether oxygens (including phenoxy) is 2. The quantitative estimate of drug-likeness (QED) is 0.803. The summed E-state index contributed by atoms with van der Waals surface area (Å²) >= 11 is 0. The van der Waals surface area contributed by atoms with Gasteiger partial charge in [-0.15, -0.1) is 0 Å². The van der Waals surface area contributed by atoms with Crippen molar-refractivity contribution in [3.63, 3.8) is 0 Å². The Morgan fingerprint density at radius 1 is 1.08 bits per heavy atom. The first-order valence-electron chi connectivity index (χ1n) is 8.12. The zero-order valence-corrected chi connectivity index (χ0v) is 13.4. The molecule has 0 atom stereocenters. The number of likely N-dealkylation sites (tertiary alicyclic amines) is 1. The first kappa shape index (κ1) is 15.8. The number of halogens is 1. The number of carbonyl (C=O) groups excluding carboxylic acids is 2. The molecule has 1 saturated heterocycles. The fraction of sp³-hybridized carbons (Fsp3) is 0.263.